The number of carbonyl (C=O) groups is 1. The molecule has 0 aromatic carbocycles. The van der Waals surface area contributed by atoms with Crippen LogP contribution in [0, 0.1) is 5.41 Å². The van der Waals surface area contributed by atoms with Crippen molar-refractivity contribution >= 4 is 11.7 Å². The van der Waals surface area contributed by atoms with Gasteiger partial charge in [0.1, 0.15) is 5.82 Å². The van der Waals surface area contributed by atoms with E-state index < -0.39 is 0 Å². The average Bonchev–Trinajstić information content (AvgIpc) is 2.31. The number of nitrogens with two attached hydrogens (primary N) is 1. The molecular weight excluding hydrogens is 226 g/mol. The highest BCUT2D eigenvalue weighted by molar-refractivity contribution is 5.94. The molecule has 1 amide bonds. The maximum absolute atomic E-state index is 12.2. The summed E-state index contributed by atoms with van der Waals surface area (Å²) in [6.45, 7) is 4.44. The number of rotatable bonds is 2. The molecule has 0 saturated heterocycles. The monoisotopic (exact) mass is 247 g/mol. The maximum Gasteiger partial charge on any atom is 0.251 e. The van der Waals surface area contributed by atoms with Crippen LogP contribution in [0.4, 0.5) is 5.82 Å². The van der Waals surface area contributed by atoms with Gasteiger partial charge in [0.05, 0.1) is 0 Å². The van der Waals surface area contributed by atoms with Crippen LogP contribution in [-0.4, -0.2) is 16.9 Å². The van der Waals surface area contributed by atoms with Crippen molar-refractivity contribution in [2.45, 2.75) is 45.6 Å². The number of hydrogen-bond acceptors (Lipinski definition) is 3. The predicted octanol–water partition coefficient (Wildman–Crippen LogP) is 2.36. The van der Waals surface area contributed by atoms with Gasteiger partial charge in [-0.2, -0.15) is 0 Å². The highest BCUT2D eigenvalue weighted by Crippen LogP contribution is 2.35. The molecule has 1 aromatic heterocycles. The van der Waals surface area contributed by atoms with Gasteiger partial charge < -0.3 is 11.1 Å². The van der Waals surface area contributed by atoms with Gasteiger partial charge >= 0.3 is 0 Å². The largest absolute Gasteiger partial charge is 0.384 e. The van der Waals surface area contributed by atoms with E-state index in [1.165, 1.54) is 12.8 Å². The fourth-order valence-electron chi connectivity index (χ4n) is 2.59. The lowest BCUT2D eigenvalue weighted by molar-refractivity contribution is 0.0853. The Kier molecular flexibility index (Phi) is 3.55. The molecular formula is C14H21N3O. The van der Waals surface area contributed by atoms with Crippen molar-refractivity contribution in [2.75, 3.05) is 5.73 Å². The molecule has 0 bridgehead atoms. The van der Waals surface area contributed by atoms with Crippen molar-refractivity contribution in [2.24, 2.45) is 5.41 Å². The highest BCUT2D eigenvalue weighted by Gasteiger charge is 2.33. The van der Waals surface area contributed by atoms with Crippen molar-refractivity contribution < 1.29 is 4.79 Å². The summed E-state index contributed by atoms with van der Waals surface area (Å²) >= 11 is 0. The molecule has 98 valence electrons. The topological polar surface area (TPSA) is 68.0 Å². The van der Waals surface area contributed by atoms with Crippen LogP contribution in [0.5, 0.6) is 0 Å². The highest BCUT2D eigenvalue weighted by atomic mass is 16.1. The fraction of sp³-hybridized carbons (Fsp3) is 0.571. The third kappa shape index (κ3) is 2.81. The number of nitrogen functional groups attached to an aromatic ring is 1. The summed E-state index contributed by atoms with van der Waals surface area (Å²) in [4.78, 5) is 16.1. The Morgan fingerprint density at radius 2 is 2.28 bits per heavy atom. The zero-order chi connectivity index (χ0) is 13.2. The zero-order valence-corrected chi connectivity index (χ0v) is 11.1. The van der Waals surface area contributed by atoms with Crippen LogP contribution < -0.4 is 11.1 Å². The smallest absolute Gasteiger partial charge is 0.251 e. The first kappa shape index (κ1) is 12.9. The summed E-state index contributed by atoms with van der Waals surface area (Å²) in [7, 11) is 0. The van der Waals surface area contributed by atoms with Gasteiger partial charge in [-0.05, 0) is 30.4 Å². The molecule has 1 atom stereocenters. The Morgan fingerprint density at radius 1 is 1.50 bits per heavy atom. The Morgan fingerprint density at radius 3 is 2.94 bits per heavy atom. The third-order valence-electron chi connectivity index (χ3n) is 3.86. The van der Waals surface area contributed by atoms with Gasteiger partial charge in [-0.15, -0.1) is 0 Å². The number of anilines is 1. The van der Waals surface area contributed by atoms with E-state index in [0.29, 0.717) is 11.4 Å². The first-order chi connectivity index (χ1) is 8.49. The van der Waals surface area contributed by atoms with E-state index in [9.17, 15) is 4.79 Å². The van der Waals surface area contributed by atoms with E-state index >= 15 is 0 Å². The molecule has 4 heteroatoms. The number of carbonyl (C=O) groups excluding carboxylic acids is 1. The van der Waals surface area contributed by atoms with E-state index in [1.807, 2.05) is 0 Å². The summed E-state index contributed by atoms with van der Waals surface area (Å²) < 4.78 is 0. The van der Waals surface area contributed by atoms with E-state index in [0.717, 1.165) is 12.8 Å². The summed E-state index contributed by atoms with van der Waals surface area (Å²) in [5.74, 6) is 0.328. The van der Waals surface area contributed by atoms with Gasteiger partial charge in [0.15, 0.2) is 0 Å². The first-order valence-corrected chi connectivity index (χ1v) is 6.51. The number of amides is 1. The van der Waals surface area contributed by atoms with Crippen LogP contribution >= 0.6 is 0 Å². The lowest BCUT2D eigenvalue weighted by Crippen LogP contribution is -2.46. The van der Waals surface area contributed by atoms with Gasteiger partial charge in [-0.3, -0.25) is 4.79 Å². The maximum atomic E-state index is 12.2. The van der Waals surface area contributed by atoms with Crippen LogP contribution in [0.15, 0.2) is 18.3 Å². The second kappa shape index (κ2) is 4.96. The molecule has 0 aliphatic heterocycles. The zero-order valence-electron chi connectivity index (χ0n) is 11.1. The van der Waals surface area contributed by atoms with Gasteiger partial charge in [-0.25, -0.2) is 4.98 Å². The normalized spacial score (nSPS) is 22.4. The van der Waals surface area contributed by atoms with Crippen LogP contribution in [0.1, 0.15) is 49.9 Å². The standard InChI is InChI=1S/C14H21N3O/c1-14(2)7-4-3-5-11(14)17-13(18)10-6-8-16-12(15)9-10/h6,8-9,11H,3-5,7H2,1-2H3,(H2,15,16)(H,17,18). The predicted molar refractivity (Wildman–Crippen MR) is 72.2 cm³/mol. The van der Waals surface area contributed by atoms with Gasteiger partial charge in [0.2, 0.25) is 0 Å². The molecule has 1 unspecified atom stereocenters. The number of pyridine rings is 1. The molecule has 3 N–H and O–H groups in total. The van der Waals surface area contributed by atoms with Crippen molar-refractivity contribution in [3.8, 4) is 0 Å². The first-order valence-electron chi connectivity index (χ1n) is 6.51. The summed E-state index contributed by atoms with van der Waals surface area (Å²) in [6, 6.07) is 3.56. The van der Waals surface area contributed by atoms with Crippen LogP contribution in [-0.2, 0) is 0 Å². The second-order valence-electron chi connectivity index (χ2n) is 5.73. The Bertz CT molecular complexity index is 442. The second-order valence-corrected chi connectivity index (χ2v) is 5.73. The van der Waals surface area contributed by atoms with Crippen molar-refractivity contribution in [3.05, 3.63) is 23.9 Å². The Balaban J connectivity index is 2.07. The lowest BCUT2D eigenvalue weighted by Gasteiger charge is -2.39. The number of aromatic nitrogens is 1. The van der Waals surface area contributed by atoms with Gasteiger partial charge in [0, 0.05) is 17.8 Å². The number of hydrogen-bond donors (Lipinski definition) is 2. The van der Waals surface area contributed by atoms with E-state index in [1.54, 1.807) is 18.3 Å². The number of nitrogens with one attached hydrogen (secondary N) is 1. The van der Waals surface area contributed by atoms with Gasteiger partial charge in [-0.1, -0.05) is 26.7 Å². The molecule has 1 heterocycles. The lowest BCUT2D eigenvalue weighted by atomic mass is 9.73. The molecule has 4 nitrogen and oxygen atoms in total. The molecule has 1 aromatic rings. The van der Waals surface area contributed by atoms with Crippen molar-refractivity contribution in [1.82, 2.24) is 10.3 Å². The fourth-order valence-corrected chi connectivity index (χ4v) is 2.59. The summed E-state index contributed by atoms with van der Waals surface area (Å²) in [6.07, 6.45) is 6.22. The van der Waals surface area contributed by atoms with Crippen molar-refractivity contribution in [3.63, 3.8) is 0 Å². The number of nitrogens with zero attached hydrogens (tertiary/aromatic N) is 1. The SMILES string of the molecule is CC1(C)CCCCC1NC(=O)c1ccnc(N)c1. The van der Waals surface area contributed by atoms with Crippen LogP contribution in [0.25, 0.3) is 0 Å². The minimum Gasteiger partial charge on any atom is -0.384 e. The Hall–Kier alpha value is -1.58. The minimum atomic E-state index is -0.0518. The molecule has 1 fully saturated rings. The quantitative estimate of drug-likeness (QED) is 0.843. The third-order valence-corrected chi connectivity index (χ3v) is 3.86. The van der Waals surface area contributed by atoms with Gasteiger partial charge in [0.25, 0.3) is 5.91 Å². The van der Waals surface area contributed by atoms with Crippen LogP contribution in [0.2, 0.25) is 0 Å². The molecule has 18 heavy (non-hydrogen) atoms. The minimum absolute atomic E-state index is 0.0518. The molecule has 0 spiro atoms. The summed E-state index contributed by atoms with van der Waals surface area (Å²) in [5, 5.41) is 3.13. The van der Waals surface area contributed by atoms with E-state index in [4.69, 9.17) is 5.73 Å². The molecule has 1 saturated carbocycles. The Labute approximate surface area is 108 Å². The molecule has 2 rings (SSSR count). The van der Waals surface area contributed by atoms with Crippen LogP contribution in [0.3, 0.4) is 0 Å². The molecule has 1 aliphatic rings. The van der Waals surface area contributed by atoms with E-state index in [-0.39, 0.29) is 17.4 Å². The van der Waals surface area contributed by atoms with Crippen molar-refractivity contribution in [1.29, 1.82) is 0 Å². The van der Waals surface area contributed by atoms with E-state index in [2.05, 4.69) is 24.1 Å². The summed E-state index contributed by atoms with van der Waals surface area (Å²) in [5.41, 5.74) is 6.35. The molecule has 0 radical (unpaired) electrons. The molecule has 1 aliphatic carbocycles. The average molecular weight is 247 g/mol.